The number of hydrogen-bond acceptors (Lipinski definition) is 3. The van der Waals surface area contributed by atoms with Crippen molar-refractivity contribution in [1.82, 2.24) is 15.1 Å². The van der Waals surface area contributed by atoms with Gasteiger partial charge < -0.3 is 19.5 Å². The molecular weight excluding hydrogens is 256 g/mol. The third-order valence-corrected chi connectivity index (χ3v) is 2.93. The zero-order valence-electron chi connectivity index (χ0n) is 12.9. The molecule has 0 spiro atoms. The van der Waals surface area contributed by atoms with E-state index in [9.17, 15) is 4.79 Å². The molecule has 0 saturated carbocycles. The van der Waals surface area contributed by atoms with Gasteiger partial charge in [-0.25, -0.2) is 4.99 Å². The number of aliphatic imine (C=N–C) groups is 1. The van der Waals surface area contributed by atoms with Crippen LogP contribution in [0.3, 0.4) is 0 Å². The van der Waals surface area contributed by atoms with E-state index >= 15 is 0 Å². The third kappa shape index (κ3) is 4.60. The van der Waals surface area contributed by atoms with E-state index in [4.69, 9.17) is 4.42 Å². The molecule has 0 unspecified atom stereocenters. The zero-order chi connectivity index (χ0) is 15.1. The first-order chi connectivity index (χ1) is 9.45. The minimum Gasteiger partial charge on any atom is -0.469 e. The summed E-state index contributed by atoms with van der Waals surface area (Å²) in [4.78, 5) is 19.5. The lowest BCUT2D eigenvalue weighted by atomic mass is 10.2. The van der Waals surface area contributed by atoms with E-state index in [0.717, 1.165) is 17.9 Å². The molecule has 1 aromatic rings. The van der Waals surface area contributed by atoms with Gasteiger partial charge in [0.25, 0.3) is 0 Å². The van der Waals surface area contributed by atoms with Crippen LogP contribution < -0.4 is 5.32 Å². The van der Waals surface area contributed by atoms with Crippen LogP contribution >= 0.6 is 0 Å². The Morgan fingerprint density at radius 2 is 2.10 bits per heavy atom. The highest BCUT2D eigenvalue weighted by Gasteiger charge is 2.11. The van der Waals surface area contributed by atoms with E-state index in [2.05, 4.69) is 10.3 Å². The molecule has 112 valence electrons. The van der Waals surface area contributed by atoms with Gasteiger partial charge in [0.15, 0.2) is 5.96 Å². The smallest absolute Gasteiger partial charge is 0.243 e. The van der Waals surface area contributed by atoms with E-state index in [0.29, 0.717) is 12.5 Å². The number of likely N-dealkylation sites (N-methyl/N-ethyl adjacent to an activating group) is 1. The Labute approximate surface area is 120 Å². The van der Waals surface area contributed by atoms with Crippen LogP contribution in [0.15, 0.2) is 21.7 Å². The number of hydrogen-bond donors (Lipinski definition) is 1. The number of rotatable bonds is 5. The molecule has 1 amide bonds. The molecule has 0 aliphatic rings. The first kappa shape index (κ1) is 16.1. The van der Waals surface area contributed by atoms with Crippen LogP contribution in [0.2, 0.25) is 0 Å². The van der Waals surface area contributed by atoms with E-state index in [1.165, 1.54) is 4.90 Å². The number of nitrogens with zero attached hydrogens (tertiary/aromatic N) is 3. The summed E-state index contributed by atoms with van der Waals surface area (Å²) in [5.41, 5.74) is 1.11. The van der Waals surface area contributed by atoms with Gasteiger partial charge >= 0.3 is 0 Å². The summed E-state index contributed by atoms with van der Waals surface area (Å²) >= 11 is 0. The van der Waals surface area contributed by atoms with Crippen molar-refractivity contribution < 1.29 is 9.21 Å². The van der Waals surface area contributed by atoms with Gasteiger partial charge in [0, 0.05) is 39.8 Å². The molecule has 0 radical (unpaired) electrons. The molecule has 0 aliphatic heterocycles. The van der Waals surface area contributed by atoms with Crippen LogP contribution in [0, 0.1) is 6.92 Å². The fourth-order valence-electron chi connectivity index (χ4n) is 1.66. The number of nitrogens with one attached hydrogen (secondary N) is 1. The Balaban J connectivity index is 2.71. The summed E-state index contributed by atoms with van der Waals surface area (Å²) in [5, 5.41) is 3.18. The van der Waals surface area contributed by atoms with E-state index in [1.807, 2.05) is 31.9 Å². The second kappa shape index (κ2) is 7.57. The Morgan fingerprint density at radius 3 is 2.60 bits per heavy atom. The fraction of sp³-hybridized carbons (Fsp3) is 0.571. The van der Waals surface area contributed by atoms with Crippen molar-refractivity contribution in [3.8, 4) is 0 Å². The molecule has 0 aromatic carbocycles. The summed E-state index contributed by atoms with van der Waals surface area (Å²) < 4.78 is 5.29. The molecular formula is C14H24N4O2. The zero-order valence-corrected chi connectivity index (χ0v) is 12.9. The fourth-order valence-corrected chi connectivity index (χ4v) is 1.66. The monoisotopic (exact) mass is 280 g/mol. The highest BCUT2D eigenvalue weighted by molar-refractivity contribution is 5.84. The summed E-state index contributed by atoms with van der Waals surface area (Å²) in [6, 6.07) is 1.94. The van der Waals surface area contributed by atoms with E-state index in [1.54, 1.807) is 20.4 Å². The summed E-state index contributed by atoms with van der Waals surface area (Å²) in [6.07, 6.45) is 1.68. The number of carbonyl (C=O) groups excluding carboxylic acids is 1. The molecule has 1 rings (SSSR count). The van der Waals surface area contributed by atoms with Crippen LogP contribution in [-0.2, 0) is 11.3 Å². The van der Waals surface area contributed by atoms with E-state index in [-0.39, 0.29) is 12.5 Å². The predicted molar refractivity (Wildman–Crippen MR) is 79.6 cm³/mol. The maximum Gasteiger partial charge on any atom is 0.243 e. The van der Waals surface area contributed by atoms with Crippen molar-refractivity contribution in [2.45, 2.75) is 20.4 Å². The maximum absolute atomic E-state index is 11.6. The molecule has 0 aliphatic carbocycles. The highest BCUT2D eigenvalue weighted by Crippen LogP contribution is 2.10. The molecule has 0 atom stereocenters. The van der Waals surface area contributed by atoms with Crippen molar-refractivity contribution in [2.75, 3.05) is 34.2 Å². The predicted octanol–water partition coefficient (Wildman–Crippen LogP) is 1.07. The Kier molecular flexibility index (Phi) is 6.09. The van der Waals surface area contributed by atoms with Gasteiger partial charge in [-0.2, -0.15) is 0 Å². The lowest BCUT2D eigenvalue weighted by molar-refractivity contribution is -0.127. The molecule has 0 saturated heterocycles. The lowest BCUT2D eigenvalue weighted by Gasteiger charge is -2.22. The van der Waals surface area contributed by atoms with Gasteiger partial charge in [-0.3, -0.25) is 4.79 Å². The van der Waals surface area contributed by atoms with Crippen molar-refractivity contribution >= 4 is 11.9 Å². The minimum absolute atomic E-state index is 0.0201. The Morgan fingerprint density at radius 1 is 1.40 bits per heavy atom. The van der Waals surface area contributed by atoms with Crippen LogP contribution in [0.5, 0.6) is 0 Å². The Hall–Kier alpha value is -1.98. The number of carbonyl (C=O) groups is 1. The van der Waals surface area contributed by atoms with Gasteiger partial charge in [0.2, 0.25) is 5.91 Å². The number of guanidine groups is 1. The van der Waals surface area contributed by atoms with Crippen molar-refractivity contribution in [3.63, 3.8) is 0 Å². The van der Waals surface area contributed by atoms with Crippen LogP contribution in [0.4, 0.5) is 0 Å². The van der Waals surface area contributed by atoms with Gasteiger partial charge in [-0.05, 0) is 19.9 Å². The first-order valence-electron chi connectivity index (χ1n) is 6.68. The lowest BCUT2D eigenvalue weighted by Crippen LogP contribution is -2.39. The summed E-state index contributed by atoms with van der Waals surface area (Å²) in [5.74, 6) is 1.59. The molecule has 6 nitrogen and oxygen atoms in total. The maximum atomic E-state index is 11.6. The summed E-state index contributed by atoms with van der Waals surface area (Å²) in [6.45, 7) is 5.51. The van der Waals surface area contributed by atoms with E-state index < -0.39 is 0 Å². The van der Waals surface area contributed by atoms with Crippen molar-refractivity contribution in [3.05, 3.63) is 23.7 Å². The molecule has 1 heterocycles. The summed E-state index contributed by atoms with van der Waals surface area (Å²) in [7, 11) is 5.39. The molecule has 1 N–H and O–H groups in total. The normalized spacial score (nSPS) is 11.3. The molecule has 0 bridgehead atoms. The molecule has 1 aromatic heterocycles. The van der Waals surface area contributed by atoms with Gasteiger partial charge in [-0.1, -0.05) is 0 Å². The van der Waals surface area contributed by atoms with Gasteiger partial charge in [0.05, 0.1) is 6.26 Å². The second-order valence-electron chi connectivity index (χ2n) is 4.82. The molecule has 0 fully saturated rings. The SMILES string of the molecule is CCNC(=NCC(=O)N(C)C)N(C)Cc1ccoc1C. The first-order valence-corrected chi connectivity index (χ1v) is 6.68. The third-order valence-electron chi connectivity index (χ3n) is 2.93. The van der Waals surface area contributed by atoms with Crippen molar-refractivity contribution in [2.24, 2.45) is 4.99 Å². The second-order valence-corrected chi connectivity index (χ2v) is 4.82. The number of aryl methyl sites for hydroxylation is 1. The average molecular weight is 280 g/mol. The van der Waals surface area contributed by atoms with Crippen LogP contribution in [0.1, 0.15) is 18.2 Å². The number of amides is 1. The van der Waals surface area contributed by atoms with Gasteiger partial charge in [0.1, 0.15) is 12.3 Å². The Bertz CT molecular complexity index is 465. The largest absolute Gasteiger partial charge is 0.469 e. The minimum atomic E-state index is -0.0201. The van der Waals surface area contributed by atoms with Gasteiger partial charge in [-0.15, -0.1) is 0 Å². The quantitative estimate of drug-likeness (QED) is 0.647. The van der Waals surface area contributed by atoms with Crippen LogP contribution in [0.25, 0.3) is 0 Å². The van der Waals surface area contributed by atoms with Crippen molar-refractivity contribution in [1.29, 1.82) is 0 Å². The standard InChI is InChI=1S/C14H24N4O2/c1-6-15-14(16-9-13(19)17(3)4)18(5)10-12-7-8-20-11(12)2/h7-8H,6,9-10H2,1-5H3,(H,15,16). The topological polar surface area (TPSA) is 61.1 Å². The average Bonchev–Trinajstić information content (AvgIpc) is 2.79. The highest BCUT2D eigenvalue weighted by atomic mass is 16.3. The molecule has 20 heavy (non-hydrogen) atoms. The molecule has 6 heteroatoms. The number of furan rings is 1. The van der Waals surface area contributed by atoms with Crippen LogP contribution in [-0.4, -0.2) is 55.9 Å².